The summed E-state index contributed by atoms with van der Waals surface area (Å²) in [6, 6.07) is 6.76. The Balaban J connectivity index is 2.94. The molecule has 1 rings (SSSR count). The Bertz CT molecular complexity index is 276. The van der Waals surface area contributed by atoms with E-state index >= 15 is 0 Å². The van der Waals surface area contributed by atoms with Crippen molar-refractivity contribution in [3.63, 3.8) is 0 Å². The summed E-state index contributed by atoms with van der Waals surface area (Å²) in [6.45, 7) is 6.44. The molecule has 1 nitrogen and oxygen atoms in total. The number of aryl methyl sites for hydroxylation is 1. The Morgan fingerprint density at radius 3 is 2.46 bits per heavy atom. The molecule has 0 amide bonds. The molecule has 72 valence electrons. The van der Waals surface area contributed by atoms with Crippen molar-refractivity contribution in [1.29, 1.82) is 0 Å². The summed E-state index contributed by atoms with van der Waals surface area (Å²) >= 11 is 0. The molecule has 0 radical (unpaired) electrons. The van der Waals surface area contributed by atoms with Crippen LogP contribution in [0.3, 0.4) is 0 Å². The van der Waals surface area contributed by atoms with E-state index in [2.05, 4.69) is 39.0 Å². The summed E-state index contributed by atoms with van der Waals surface area (Å²) in [4.78, 5) is 0. The zero-order valence-electron chi connectivity index (χ0n) is 8.80. The van der Waals surface area contributed by atoms with Gasteiger partial charge in [-0.05, 0) is 43.4 Å². The highest BCUT2D eigenvalue weighted by Crippen LogP contribution is 2.15. The average Bonchev–Trinajstić information content (AvgIpc) is 2.08. The Morgan fingerprint density at radius 1 is 1.31 bits per heavy atom. The lowest BCUT2D eigenvalue weighted by molar-refractivity contribution is 0.733. The number of hydrogen-bond donors (Lipinski definition) is 1. The predicted molar refractivity (Wildman–Crippen MR) is 57.9 cm³/mol. The first-order valence-electron chi connectivity index (χ1n) is 4.98. The van der Waals surface area contributed by atoms with Crippen LogP contribution < -0.4 is 5.73 Å². The van der Waals surface area contributed by atoms with Gasteiger partial charge in [0.25, 0.3) is 0 Å². The molecule has 0 fully saturated rings. The minimum absolute atomic E-state index is 0.255. The van der Waals surface area contributed by atoms with Gasteiger partial charge in [0, 0.05) is 6.04 Å². The van der Waals surface area contributed by atoms with Crippen LogP contribution in [0.4, 0.5) is 0 Å². The van der Waals surface area contributed by atoms with E-state index in [1.165, 1.54) is 16.7 Å². The van der Waals surface area contributed by atoms with Crippen molar-refractivity contribution >= 4 is 0 Å². The van der Waals surface area contributed by atoms with Crippen LogP contribution in [0, 0.1) is 6.92 Å². The molecule has 1 heteroatoms. The van der Waals surface area contributed by atoms with Crippen molar-refractivity contribution < 1.29 is 0 Å². The SMILES string of the molecule is CCc1cccc(CC(C)N)c1C. The molecule has 0 aliphatic rings. The first-order valence-corrected chi connectivity index (χ1v) is 4.98. The number of rotatable bonds is 3. The van der Waals surface area contributed by atoms with Crippen molar-refractivity contribution in [2.24, 2.45) is 5.73 Å². The maximum atomic E-state index is 5.78. The minimum Gasteiger partial charge on any atom is -0.328 e. The van der Waals surface area contributed by atoms with Crippen LogP contribution in [-0.2, 0) is 12.8 Å². The molecule has 0 aliphatic carbocycles. The Morgan fingerprint density at radius 2 is 1.92 bits per heavy atom. The van der Waals surface area contributed by atoms with E-state index < -0.39 is 0 Å². The lowest BCUT2D eigenvalue weighted by Crippen LogP contribution is -2.18. The lowest BCUT2D eigenvalue weighted by Gasteiger charge is -2.11. The Kier molecular flexibility index (Phi) is 3.49. The van der Waals surface area contributed by atoms with Gasteiger partial charge >= 0.3 is 0 Å². The number of nitrogens with two attached hydrogens (primary N) is 1. The molecule has 0 heterocycles. The van der Waals surface area contributed by atoms with E-state index in [1.807, 2.05) is 0 Å². The molecule has 2 N–H and O–H groups in total. The fraction of sp³-hybridized carbons (Fsp3) is 0.500. The van der Waals surface area contributed by atoms with E-state index in [4.69, 9.17) is 5.73 Å². The third-order valence-electron chi connectivity index (χ3n) is 2.48. The number of hydrogen-bond acceptors (Lipinski definition) is 1. The quantitative estimate of drug-likeness (QED) is 0.754. The van der Waals surface area contributed by atoms with Gasteiger partial charge in [0.1, 0.15) is 0 Å². The van der Waals surface area contributed by atoms with Gasteiger partial charge in [-0.1, -0.05) is 25.1 Å². The van der Waals surface area contributed by atoms with Crippen molar-refractivity contribution in [2.75, 3.05) is 0 Å². The first kappa shape index (κ1) is 10.3. The smallest absolute Gasteiger partial charge is 0.00510 e. The highest BCUT2D eigenvalue weighted by atomic mass is 14.6. The molecule has 0 saturated carbocycles. The van der Waals surface area contributed by atoms with Crippen LogP contribution >= 0.6 is 0 Å². The molecule has 0 aromatic heterocycles. The maximum Gasteiger partial charge on any atom is 0.00510 e. The van der Waals surface area contributed by atoms with E-state index in [1.54, 1.807) is 0 Å². The normalized spacial score (nSPS) is 12.9. The molecule has 0 spiro atoms. The Labute approximate surface area is 81.0 Å². The minimum atomic E-state index is 0.255. The van der Waals surface area contributed by atoms with Crippen molar-refractivity contribution in [2.45, 2.75) is 39.7 Å². The highest BCUT2D eigenvalue weighted by Gasteiger charge is 2.03. The molecule has 1 unspecified atom stereocenters. The van der Waals surface area contributed by atoms with E-state index in [-0.39, 0.29) is 6.04 Å². The third-order valence-corrected chi connectivity index (χ3v) is 2.48. The van der Waals surface area contributed by atoms with Crippen LogP contribution in [0.5, 0.6) is 0 Å². The molecule has 1 aromatic carbocycles. The maximum absolute atomic E-state index is 5.78. The summed E-state index contributed by atoms with van der Waals surface area (Å²) in [5.41, 5.74) is 10.0. The first-order chi connectivity index (χ1) is 6.15. The third kappa shape index (κ3) is 2.56. The topological polar surface area (TPSA) is 26.0 Å². The van der Waals surface area contributed by atoms with Crippen LogP contribution in [0.2, 0.25) is 0 Å². The second-order valence-electron chi connectivity index (χ2n) is 3.74. The largest absolute Gasteiger partial charge is 0.328 e. The van der Waals surface area contributed by atoms with Crippen molar-refractivity contribution in [3.05, 3.63) is 34.9 Å². The van der Waals surface area contributed by atoms with Gasteiger partial charge in [-0.3, -0.25) is 0 Å². The van der Waals surface area contributed by atoms with Gasteiger partial charge in [-0.15, -0.1) is 0 Å². The van der Waals surface area contributed by atoms with E-state index in [9.17, 15) is 0 Å². The van der Waals surface area contributed by atoms with Crippen LogP contribution in [0.1, 0.15) is 30.5 Å². The predicted octanol–water partition coefficient (Wildman–Crippen LogP) is 2.45. The monoisotopic (exact) mass is 177 g/mol. The zero-order chi connectivity index (χ0) is 9.84. The molecule has 0 saturated heterocycles. The summed E-state index contributed by atoms with van der Waals surface area (Å²) in [6.07, 6.45) is 2.10. The lowest BCUT2D eigenvalue weighted by atomic mass is 9.96. The van der Waals surface area contributed by atoms with Gasteiger partial charge in [-0.2, -0.15) is 0 Å². The molecule has 0 bridgehead atoms. The summed E-state index contributed by atoms with van der Waals surface area (Å²) < 4.78 is 0. The fourth-order valence-corrected chi connectivity index (χ4v) is 1.69. The van der Waals surface area contributed by atoms with Crippen molar-refractivity contribution in [3.8, 4) is 0 Å². The zero-order valence-corrected chi connectivity index (χ0v) is 8.80. The molecule has 13 heavy (non-hydrogen) atoms. The molecule has 1 atom stereocenters. The number of benzene rings is 1. The second kappa shape index (κ2) is 4.43. The van der Waals surface area contributed by atoms with Gasteiger partial charge in [0.15, 0.2) is 0 Å². The van der Waals surface area contributed by atoms with E-state index in [0.717, 1.165) is 12.8 Å². The van der Waals surface area contributed by atoms with Gasteiger partial charge in [0.05, 0.1) is 0 Å². The molecular weight excluding hydrogens is 158 g/mol. The van der Waals surface area contributed by atoms with Crippen LogP contribution in [-0.4, -0.2) is 6.04 Å². The summed E-state index contributed by atoms with van der Waals surface area (Å²) in [7, 11) is 0. The van der Waals surface area contributed by atoms with Gasteiger partial charge in [0.2, 0.25) is 0 Å². The second-order valence-corrected chi connectivity index (χ2v) is 3.74. The van der Waals surface area contributed by atoms with Gasteiger partial charge < -0.3 is 5.73 Å². The van der Waals surface area contributed by atoms with E-state index in [0.29, 0.717) is 0 Å². The highest BCUT2D eigenvalue weighted by molar-refractivity contribution is 5.34. The average molecular weight is 177 g/mol. The summed E-state index contributed by atoms with van der Waals surface area (Å²) in [5.74, 6) is 0. The van der Waals surface area contributed by atoms with Crippen molar-refractivity contribution in [1.82, 2.24) is 0 Å². The fourth-order valence-electron chi connectivity index (χ4n) is 1.69. The molecular formula is C12H19N. The van der Waals surface area contributed by atoms with Crippen LogP contribution in [0.15, 0.2) is 18.2 Å². The standard InChI is InChI=1S/C12H19N/c1-4-11-6-5-7-12(10(11)3)8-9(2)13/h5-7,9H,4,8,13H2,1-3H3. The molecule has 1 aromatic rings. The summed E-state index contributed by atoms with van der Waals surface area (Å²) in [5, 5.41) is 0. The molecule has 0 aliphatic heterocycles. The van der Waals surface area contributed by atoms with Crippen LogP contribution in [0.25, 0.3) is 0 Å². The Hall–Kier alpha value is -0.820. The van der Waals surface area contributed by atoms with Gasteiger partial charge in [-0.25, -0.2) is 0 Å².